The van der Waals surface area contributed by atoms with Crippen LogP contribution in [0.15, 0.2) is 0 Å². The zero-order chi connectivity index (χ0) is 12.7. The fourth-order valence-corrected chi connectivity index (χ4v) is 2.41. The molecule has 0 aliphatic heterocycles. The minimum absolute atomic E-state index is 0.206. The molecule has 2 atom stereocenters. The highest BCUT2D eigenvalue weighted by molar-refractivity contribution is 5.76. The van der Waals surface area contributed by atoms with E-state index in [1.54, 1.807) is 0 Å². The lowest BCUT2D eigenvalue weighted by Gasteiger charge is -2.16. The number of amides is 1. The van der Waals surface area contributed by atoms with Crippen LogP contribution in [0.25, 0.3) is 0 Å². The van der Waals surface area contributed by atoms with Crippen molar-refractivity contribution >= 4 is 5.91 Å². The number of rotatable bonds is 5. The van der Waals surface area contributed by atoms with Crippen LogP contribution in [0, 0.1) is 5.92 Å². The van der Waals surface area contributed by atoms with Gasteiger partial charge in [0.2, 0.25) is 5.91 Å². The summed E-state index contributed by atoms with van der Waals surface area (Å²) in [5, 5.41) is 6.45. The van der Waals surface area contributed by atoms with E-state index in [2.05, 4.69) is 31.4 Å². The van der Waals surface area contributed by atoms with Crippen LogP contribution in [0.2, 0.25) is 0 Å². The normalized spacial score (nSPS) is 25.6. The molecule has 2 N–H and O–H groups in total. The molecule has 1 fully saturated rings. The fraction of sp³-hybridized carbons (Fsp3) is 0.929. The summed E-state index contributed by atoms with van der Waals surface area (Å²) in [6, 6.07) is 0.882. The van der Waals surface area contributed by atoms with Crippen LogP contribution in [0.4, 0.5) is 0 Å². The van der Waals surface area contributed by atoms with Gasteiger partial charge < -0.3 is 10.6 Å². The molecule has 0 aromatic carbocycles. The molecule has 0 aromatic rings. The van der Waals surface area contributed by atoms with Crippen LogP contribution in [-0.2, 0) is 4.79 Å². The van der Waals surface area contributed by atoms with Crippen LogP contribution in [0.3, 0.4) is 0 Å². The largest absolute Gasteiger partial charge is 0.353 e. The number of hydrogen-bond acceptors (Lipinski definition) is 2. The van der Waals surface area contributed by atoms with Gasteiger partial charge in [-0.2, -0.15) is 0 Å². The highest BCUT2D eigenvalue weighted by Crippen LogP contribution is 2.22. The highest BCUT2D eigenvalue weighted by Gasteiger charge is 2.17. The zero-order valence-corrected chi connectivity index (χ0v) is 11.6. The van der Waals surface area contributed by atoms with Gasteiger partial charge in [-0.3, -0.25) is 4.79 Å². The van der Waals surface area contributed by atoms with E-state index in [4.69, 9.17) is 0 Å². The van der Waals surface area contributed by atoms with E-state index in [1.165, 1.54) is 19.3 Å². The third kappa shape index (κ3) is 6.67. The molecule has 1 amide bonds. The Bertz CT molecular complexity index is 228. The molecule has 1 aliphatic rings. The molecular formula is C14H28N2O. The molecule has 2 unspecified atom stereocenters. The van der Waals surface area contributed by atoms with Crippen molar-refractivity contribution in [2.45, 2.75) is 71.4 Å². The van der Waals surface area contributed by atoms with Gasteiger partial charge >= 0.3 is 0 Å². The van der Waals surface area contributed by atoms with E-state index < -0.39 is 0 Å². The Labute approximate surface area is 106 Å². The van der Waals surface area contributed by atoms with Crippen molar-refractivity contribution in [2.24, 2.45) is 5.92 Å². The summed E-state index contributed by atoms with van der Waals surface area (Å²) in [4.78, 5) is 11.7. The van der Waals surface area contributed by atoms with Gasteiger partial charge in [-0.05, 0) is 25.2 Å². The summed E-state index contributed by atoms with van der Waals surface area (Å²) >= 11 is 0. The molecule has 1 rings (SSSR count). The average Bonchev–Trinajstić information content (AvgIpc) is 2.43. The molecule has 1 saturated carbocycles. The summed E-state index contributed by atoms with van der Waals surface area (Å²) in [7, 11) is 0. The SMILES string of the molecule is CC1CCCC(NC(=O)CCNC(C)C)CC1. The Morgan fingerprint density at radius 2 is 2.00 bits per heavy atom. The molecule has 0 radical (unpaired) electrons. The van der Waals surface area contributed by atoms with E-state index in [0.29, 0.717) is 18.5 Å². The minimum atomic E-state index is 0.206. The van der Waals surface area contributed by atoms with Crippen molar-refractivity contribution in [1.29, 1.82) is 0 Å². The minimum Gasteiger partial charge on any atom is -0.353 e. The highest BCUT2D eigenvalue weighted by atomic mass is 16.1. The Morgan fingerprint density at radius 3 is 2.71 bits per heavy atom. The second-order valence-corrected chi connectivity index (χ2v) is 5.74. The van der Waals surface area contributed by atoms with Crippen molar-refractivity contribution in [1.82, 2.24) is 10.6 Å². The van der Waals surface area contributed by atoms with Crippen molar-refractivity contribution in [3.63, 3.8) is 0 Å². The molecule has 1 aliphatic carbocycles. The van der Waals surface area contributed by atoms with E-state index in [-0.39, 0.29) is 5.91 Å². The van der Waals surface area contributed by atoms with Gasteiger partial charge in [-0.15, -0.1) is 0 Å². The Hall–Kier alpha value is -0.570. The molecule has 3 nitrogen and oxygen atoms in total. The van der Waals surface area contributed by atoms with Crippen LogP contribution >= 0.6 is 0 Å². The molecule has 100 valence electrons. The monoisotopic (exact) mass is 240 g/mol. The smallest absolute Gasteiger partial charge is 0.221 e. The van der Waals surface area contributed by atoms with Crippen LogP contribution in [0.5, 0.6) is 0 Å². The zero-order valence-electron chi connectivity index (χ0n) is 11.6. The summed E-state index contributed by atoms with van der Waals surface area (Å²) in [5.41, 5.74) is 0. The second-order valence-electron chi connectivity index (χ2n) is 5.74. The first-order valence-corrected chi connectivity index (χ1v) is 7.10. The number of nitrogens with one attached hydrogen (secondary N) is 2. The van der Waals surface area contributed by atoms with E-state index >= 15 is 0 Å². The van der Waals surface area contributed by atoms with Crippen molar-refractivity contribution in [3.8, 4) is 0 Å². The summed E-state index contributed by atoms with van der Waals surface area (Å²) in [6.45, 7) is 7.30. The lowest BCUT2D eigenvalue weighted by molar-refractivity contribution is -0.121. The topological polar surface area (TPSA) is 41.1 Å². The number of carbonyl (C=O) groups is 1. The third-order valence-electron chi connectivity index (χ3n) is 3.53. The Kier molecular flexibility index (Phi) is 6.56. The molecule has 17 heavy (non-hydrogen) atoms. The van der Waals surface area contributed by atoms with E-state index in [9.17, 15) is 4.79 Å². The third-order valence-corrected chi connectivity index (χ3v) is 3.53. The van der Waals surface area contributed by atoms with Crippen molar-refractivity contribution < 1.29 is 4.79 Å². The van der Waals surface area contributed by atoms with Crippen molar-refractivity contribution in [3.05, 3.63) is 0 Å². The second kappa shape index (κ2) is 7.70. The van der Waals surface area contributed by atoms with Crippen LogP contribution in [0.1, 0.15) is 59.3 Å². The Balaban J connectivity index is 2.16. The van der Waals surface area contributed by atoms with Gasteiger partial charge in [0.1, 0.15) is 0 Å². The maximum absolute atomic E-state index is 11.7. The summed E-state index contributed by atoms with van der Waals surface area (Å²) in [6.07, 6.45) is 6.76. The molecule has 0 bridgehead atoms. The predicted molar refractivity (Wildman–Crippen MR) is 71.9 cm³/mol. The molecule has 0 saturated heterocycles. The summed E-state index contributed by atoms with van der Waals surface area (Å²) < 4.78 is 0. The van der Waals surface area contributed by atoms with Gasteiger partial charge in [0.15, 0.2) is 0 Å². The first-order valence-electron chi connectivity index (χ1n) is 7.10. The van der Waals surface area contributed by atoms with Gasteiger partial charge in [0, 0.05) is 25.0 Å². The quantitative estimate of drug-likeness (QED) is 0.725. The maximum Gasteiger partial charge on any atom is 0.221 e. The average molecular weight is 240 g/mol. The first-order chi connectivity index (χ1) is 8.08. The van der Waals surface area contributed by atoms with Crippen LogP contribution < -0.4 is 10.6 Å². The van der Waals surface area contributed by atoms with E-state index in [0.717, 1.165) is 25.3 Å². The van der Waals surface area contributed by atoms with Gasteiger partial charge in [0.05, 0.1) is 0 Å². The molecule has 0 spiro atoms. The van der Waals surface area contributed by atoms with E-state index in [1.807, 2.05) is 0 Å². The predicted octanol–water partition coefficient (Wildman–Crippen LogP) is 2.46. The molecule has 0 heterocycles. The van der Waals surface area contributed by atoms with Gasteiger partial charge in [-0.1, -0.05) is 33.6 Å². The molecular weight excluding hydrogens is 212 g/mol. The fourth-order valence-electron chi connectivity index (χ4n) is 2.41. The Morgan fingerprint density at radius 1 is 1.24 bits per heavy atom. The number of carbonyl (C=O) groups excluding carboxylic acids is 1. The van der Waals surface area contributed by atoms with Gasteiger partial charge in [0.25, 0.3) is 0 Å². The standard InChI is InChI=1S/C14H28N2O/c1-11(2)15-10-9-14(17)16-13-6-4-5-12(3)7-8-13/h11-13,15H,4-10H2,1-3H3,(H,16,17). The van der Waals surface area contributed by atoms with Crippen LogP contribution in [-0.4, -0.2) is 24.5 Å². The lowest BCUT2D eigenvalue weighted by Crippen LogP contribution is -2.36. The van der Waals surface area contributed by atoms with Crippen molar-refractivity contribution in [2.75, 3.05) is 6.54 Å². The summed E-state index contributed by atoms with van der Waals surface area (Å²) in [5.74, 6) is 1.04. The first kappa shape index (κ1) is 14.5. The molecule has 0 aromatic heterocycles. The molecule has 3 heteroatoms. The lowest BCUT2D eigenvalue weighted by atomic mass is 10.0. The number of hydrogen-bond donors (Lipinski definition) is 2. The van der Waals surface area contributed by atoms with Gasteiger partial charge in [-0.25, -0.2) is 0 Å². The maximum atomic E-state index is 11.7.